The van der Waals surface area contributed by atoms with Crippen LogP contribution in [0.4, 0.5) is 11.4 Å². The van der Waals surface area contributed by atoms with Crippen LogP contribution in [0.15, 0.2) is 42.5 Å². The number of rotatable bonds is 3. The lowest BCUT2D eigenvalue weighted by molar-refractivity contribution is -0.384. The van der Waals surface area contributed by atoms with Crippen LogP contribution in [0.25, 0.3) is 0 Å². The molecule has 1 N–H and O–H groups in total. The van der Waals surface area contributed by atoms with E-state index in [1.165, 1.54) is 7.11 Å². The van der Waals surface area contributed by atoms with Crippen LogP contribution < -0.4 is 5.32 Å². The lowest BCUT2D eigenvalue weighted by Crippen LogP contribution is -2.30. The van der Waals surface area contributed by atoms with Gasteiger partial charge in [-0.1, -0.05) is 35.9 Å². The van der Waals surface area contributed by atoms with Gasteiger partial charge in [-0.25, -0.2) is 4.79 Å². The summed E-state index contributed by atoms with van der Waals surface area (Å²) in [5.41, 5.74) is 4.05. The summed E-state index contributed by atoms with van der Waals surface area (Å²) in [6.07, 6.45) is 5.20. The van der Waals surface area contributed by atoms with Crippen molar-refractivity contribution in [2.24, 2.45) is 5.92 Å². The first-order valence-electron chi connectivity index (χ1n) is 9.01. The number of nitro groups is 1. The Balaban J connectivity index is 1.82. The number of halogens is 1. The molecule has 2 aliphatic rings. The number of esters is 1. The number of hydrogen-bond donors (Lipinski definition) is 1. The Morgan fingerprint density at radius 2 is 2.11 bits per heavy atom. The minimum absolute atomic E-state index is 0.102. The molecule has 1 heterocycles. The number of carbonyl (C=O) groups excluding carboxylic acids is 1. The topological polar surface area (TPSA) is 81.5 Å². The van der Waals surface area contributed by atoms with E-state index in [1.54, 1.807) is 18.2 Å². The van der Waals surface area contributed by atoms with Crippen LogP contribution >= 0.6 is 11.6 Å². The summed E-state index contributed by atoms with van der Waals surface area (Å²) >= 11 is 5.99. The quantitative estimate of drug-likeness (QED) is 0.334. The van der Waals surface area contributed by atoms with Gasteiger partial charge in [0.25, 0.3) is 5.69 Å². The second kappa shape index (κ2) is 6.95. The van der Waals surface area contributed by atoms with Crippen LogP contribution in [0.3, 0.4) is 0 Å². The maximum Gasteiger partial charge on any atom is 0.338 e. The van der Waals surface area contributed by atoms with E-state index >= 15 is 0 Å². The van der Waals surface area contributed by atoms with Crippen molar-refractivity contribution in [1.82, 2.24) is 0 Å². The van der Waals surface area contributed by atoms with E-state index in [0.29, 0.717) is 5.56 Å². The van der Waals surface area contributed by atoms with Crippen molar-refractivity contribution in [2.45, 2.75) is 25.3 Å². The monoisotopic (exact) mass is 398 g/mol. The second-order valence-electron chi connectivity index (χ2n) is 7.14. The molecule has 1 aliphatic heterocycles. The molecule has 6 nitrogen and oxygen atoms in total. The first-order chi connectivity index (χ1) is 13.4. The highest BCUT2D eigenvalue weighted by atomic mass is 35.5. The molecule has 0 aromatic heterocycles. The highest BCUT2D eigenvalue weighted by Gasteiger charge is 2.39. The highest BCUT2D eigenvalue weighted by molar-refractivity contribution is 6.32. The van der Waals surface area contributed by atoms with Gasteiger partial charge in [0.1, 0.15) is 5.02 Å². The molecule has 0 fully saturated rings. The molecule has 2 aromatic rings. The molecule has 3 atom stereocenters. The molecule has 0 saturated heterocycles. The van der Waals surface area contributed by atoms with E-state index in [-0.39, 0.29) is 34.6 Å². The first kappa shape index (κ1) is 18.5. The number of nitrogens with zero attached hydrogens (tertiary/aromatic N) is 1. The Bertz CT molecular complexity index is 1020. The molecule has 144 valence electrons. The van der Waals surface area contributed by atoms with Crippen molar-refractivity contribution >= 4 is 28.9 Å². The number of benzene rings is 2. The summed E-state index contributed by atoms with van der Waals surface area (Å²) in [7, 11) is 1.36. The number of ether oxygens (including phenoxy) is 1. The van der Waals surface area contributed by atoms with Gasteiger partial charge < -0.3 is 10.1 Å². The van der Waals surface area contributed by atoms with E-state index in [2.05, 4.69) is 17.5 Å². The van der Waals surface area contributed by atoms with Crippen molar-refractivity contribution in [3.05, 3.63) is 79.9 Å². The van der Waals surface area contributed by atoms with Crippen molar-refractivity contribution in [1.29, 1.82) is 0 Å². The van der Waals surface area contributed by atoms with E-state index < -0.39 is 4.92 Å². The molecule has 0 saturated carbocycles. The zero-order chi connectivity index (χ0) is 20.0. The lowest BCUT2D eigenvalue weighted by Gasteiger charge is -2.38. The Morgan fingerprint density at radius 3 is 2.82 bits per heavy atom. The molecule has 0 spiro atoms. The van der Waals surface area contributed by atoms with Crippen LogP contribution in [0, 0.1) is 23.0 Å². The summed E-state index contributed by atoms with van der Waals surface area (Å²) < 4.78 is 4.89. The summed E-state index contributed by atoms with van der Waals surface area (Å²) in [5, 5.41) is 15.0. The third-order valence-corrected chi connectivity index (χ3v) is 6.05. The van der Waals surface area contributed by atoms with E-state index in [1.807, 2.05) is 19.1 Å². The standard InChI is InChI=1S/C21H19ClN2O4/c1-11-13(21(25)28-2)7-8-16-14-4-3-5-15(14)20(23-19(11)16)12-6-9-17(22)18(10-12)24(26)27/h3-4,6-10,14-15,20,23H,5H2,1-2H3/t14-,15-,20-/m1/s1. The zero-order valence-corrected chi connectivity index (χ0v) is 16.2. The highest BCUT2D eigenvalue weighted by Crippen LogP contribution is 2.51. The fraction of sp³-hybridized carbons (Fsp3) is 0.286. The molecule has 7 heteroatoms. The number of hydrogen-bond acceptors (Lipinski definition) is 5. The third kappa shape index (κ3) is 2.85. The Morgan fingerprint density at radius 1 is 1.32 bits per heavy atom. The van der Waals surface area contributed by atoms with E-state index in [0.717, 1.165) is 28.8 Å². The fourth-order valence-electron chi connectivity index (χ4n) is 4.34. The van der Waals surface area contributed by atoms with Gasteiger partial charge in [-0.2, -0.15) is 0 Å². The molecule has 0 amide bonds. The van der Waals surface area contributed by atoms with Crippen molar-refractivity contribution in [2.75, 3.05) is 12.4 Å². The van der Waals surface area contributed by atoms with Gasteiger partial charge in [-0.3, -0.25) is 10.1 Å². The maximum absolute atomic E-state index is 12.1. The van der Waals surface area contributed by atoms with Gasteiger partial charge >= 0.3 is 5.97 Å². The van der Waals surface area contributed by atoms with E-state index in [9.17, 15) is 14.9 Å². The number of nitro benzene ring substituents is 1. The average Bonchev–Trinajstić information content (AvgIpc) is 3.17. The third-order valence-electron chi connectivity index (χ3n) is 5.73. The van der Waals surface area contributed by atoms with Gasteiger partial charge in [-0.05, 0) is 48.1 Å². The van der Waals surface area contributed by atoms with Crippen LogP contribution in [0.2, 0.25) is 5.02 Å². The van der Waals surface area contributed by atoms with Crippen LogP contribution in [-0.4, -0.2) is 18.0 Å². The number of anilines is 1. The van der Waals surface area contributed by atoms with Crippen molar-refractivity contribution < 1.29 is 14.5 Å². The lowest BCUT2D eigenvalue weighted by atomic mass is 9.76. The summed E-state index contributed by atoms with van der Waals surface area (Å²) in [4.78, 5) is 23.0. The number of carbonyl (C=O) groups is 1. The predicted molar refractivity (Wildman–Crippen MR) is 107 cm³/mol. The minimum atomic E-state index is -0.465. The molecule has 0 bridgehead atoms. The van der Waals surface area contributed by atoms with Crippen molar-refractivity contribution in [3.8, 4) is 0 Å². The number of allylic oxidation sites excluding steroid dienone is 2. The number of fused-ring (bicyclic) bond motifs is 3. The van der Waals surface area contributed by atoms with Gasteiger partial charge in [0.05, 0.1) is 23.6 Å². The largest absolute Gasteiger partial charge is 0.465 e. The summed E-state index contributed by atoms with van der Waals surface area (Å²) in [6.45, 7) is 1.89. The van der Waals surface area contributed by atoms with Crippen LogP contribution in [-0.2, 0) is 4.74 Å². The normalized spacial score (nSPS) is 22.2. The molecule has 4 rings (SSSR count). The van der Waals surface area contributed by atoms with Crippen molar-refractivity contribution in [3.63, 3.8) is 0 Å². The Hall–Kier alpha value is -2.86. The molecule has 28 heavy (non-hydrogen) atoms. The molecule has 0 radical (unpaired) electrons. The molecular formula is C21H19ClN2O4. The summed E-state index contributed by atoms with van der Waals surface area (Å²) in [6, 6.07) is 8.58. The van der Waals surface area contributed by atoms with Crippen LogP contribution in [0.1, 0.15) is 45.4 Å². The molecule has 2 aromatic carbocycles. The fourth-order valence-corrected chi connectivity index (χ4v) is 4.53. The number of methoxy groups -OCH3 is 1. The van der Waals surface area contributed by atoms with Gasteiger partial charge in [0.15, 0.2) is 0 Å². The molecule has 1 aliphatic carbocycles. The Labute approximate surface area is 167 Å². The second-order valence-corrected chi connectivity index (χ2v) is 7.54. The molecule has 0 unspecified atom stereocenters. The van der Waals surface area contributed by atoms with Gasteiger partial charge in [-0.15, -0.1) is 0 Å². The first-order valence-corrected chi connectivity index (χ1v) is 9.39. The maximum atomic E-state index is 12.1. The average molecular weight is 399 g/mol. The molecular weight excluding hydrogens is 380 g/mol. The SMILES string of the molecule is COC(=O)c1ccc2c(c1C)N[C@H](c1ccc(Cl)c([N+](=O)[O-])c1)[C@@H]1CC=C[C@@H]21. The smallest absolute Gasteiger partial charge is 0.338 e. The summed E-state index contributed by atoms with van der Waals surface area (Å²) in [5.74, 6) is 0.0305. The predicted octanol–water partition coefficient (Wildman–Crippen LogP) is 5.17. The van der Waals surface area contributed by atoms with Gasteiger partial charge in [0, 0.05) is 17.7 Å². The van der Waals surface area contributed by atoms with Crippen LogP contribution in [0.5, 0.6) is 0 Å². The van der Waals surface area contributed by atoms with E-state index in [4.69, 9.17) is 16.3 Å². The number of nitrogens with one attached hydrogen (secondary N) is 1. The van der Waals surface area contributed by atoms with Gasteiger partial charge in [0.2, 0.25) is 0 Å². The zero-order valence-electron chi connectivity index (χ0n) is 15.4. The Kier molecular flexibility index (Phi) is 4.59. The minimum Gasteiger partial charge on any atom is -0.465 e.